The average molecular weight is 289 g/mol. The Kier molecular flexibility index (Phi) is 3.45. The molecule has 0 aliphatic rings. The van der Waals surface area contributed by atoms with E-state index in [0.29, 0.717) is 30.2 Å². The summed E-state index contributed by atoms with van der Waals surface area (Å²) in [7, 11) is 0. The first-order valence-electron chi connectivity index (χ1n) is 6.57. The van der Waals surface area contributed by atoms with Gasteiger partial charge in [-0.05, 0) is 6.07 Å². The predicted molar refractivity (Wildman–Crippen MR) is 76.1 cm³/mol. The van der Waals surface area contributed by atoms with Gasteiger partial charge in [-0.25, -0.2) is 4.57 Å². The van der Waals surface area contributed by atoms with Gasteiger partial charge < -0.3 is 24.5 Å². The van der Waals surface area contributed by atoms with Crippen molar-refractivity contribution in [1.82, 2.24) is 4.57 Å². The summed E-state index contributed by atoms with van der Waals surface area (Å²) in [5, 5.41) is 29.2. The van der Waals surface area contributed by atoms with Crippen molar-refractivity contribution in [2.75, 3.05) is 13.2 Å². The highest BCUT2D eigenvalue weighted by Gasteiger charge is 2.15. The van der Waals surface area contributed by atoms with E-state index in [2.05, 4.69) is 0 Å². The second kappa shape index (κ2) is 5.41. The van der Waals surface area contributed by atoms with Crippen molar-refractivity contribution in [2.45, 2.75) is 6.42 Å². The minimum atomic E-state index is -0.0841. The largest absolute Gasteiger partial charge is 0.494 e. The number of hydrogen-bond donors (Lipinski definition) is 3. The van der Waals surface area contributed by atoms with Gasteiger partial charge in [-0.2, -0.15) is 0 Å². The smallest absolute Gasteiger partial charge is 0.285 e. The molecule has 2 aromatic heterocycles. The van der Waals surface area contributed by atoms with Gasteiger partial charge in [0.2, 0.25) is 0 Å². The Morgan fingerprint density at radius 1 is 1.10 bits per heavy atom. The van der Waals surface area contributed by atoms with Gasteiger partial charge in [0.05, 0.1) is 12.3 Å². The number of rotatable bonds is 5. The molecule has 0 saturated carbocycles. The molecule has 0 unspecified atom stereocenters. The third-order valence-electron chi connectivity index (χ3n) is 3.13. The van der Waals surface area contributed by atoms with Crippen LogP contribution in [0.4, 0.5) is 0 Å². The molecule has 21 heavy (non-hydrogen) atoms. The minimum absolute atomic E-state index is 0.0522. The Bertz CT molecular complexity index is 739. The van der Waals surface area contributed by atoms with Crippen molar-refractivity contribution in [3.63, 3.8) is 0 Å². The molecule has 110 valence electrons. The number of hydrogen-bond acceptors (Lipinski definition) is 5. The number of aromatic nitrogens is 1. The number of nitrogens with zero attached hydrogens (tertiary/aromatic N) is 1. The van der Waals surface area contributed by atoms with E-state index in [1.54, 1.807) is 18.2 Å². The maximum atomic E-state index is 9.83. The van der Waals surface area contributed by atoms with Gasteiger partial charge in [0.15, 0.2) is 17.3 Å². The van der Waals surface area contributed by atoms with Crippen molar-refractivity contribution in [3.05, 3.63) is 36.4 Å². The van der Waals surface area contributed by atoms with Crippen LogP contribution < -0.4 is 4.74 Å². The molecule has 2 heterocycles. The summed E-state index contributed by atoms with van der Waals surface area (Å²) in [6.07, 6.45) is 0.517. The van der Waals surface area contributed by atoms with Crippen LogP contribution in [0.3, 0.4) is 0 Å². The van der Waals surface area contributed by atoms with E-state index in [1.165, 1.54) is 16.7 Å². The summed E-state index contributed by atoms with van der Waals surface area (Å²) in [6.45, 7) is 0.405. The summed E-state index contributed by atoms with van der Waals surface area (Å²) in [6, 6.07) is 9.89. The summed E-state index contributed by atoms with van der Waals surface area (Å²) in [5.74, 6) is 0.162. The molecule has 3 aromatic rings. The lowest BCUT2D eigenvalue weighted by atomic mass is 10.2. The van der Waals surface area contributed by atoms with Gasteiger partial charge in [-0.3, -0.25) is 0 Å². The third kappa shape index (κ3) is 2.41. The number of aromatic hydroxyl groups is 2. The SMILES string of the molecule is OCCCOc1cc2cccc(-n3c(O)ccc3O)c2o1. The first-order chi connectivity index (χ1) is 10.2. The zero-order chi connectivity index (χ0) is 14.8. The molecular formula is C15H15NO5. The first kappa shape index (κ1) is 13.4. The molecule has 6 heteroatoms. The number of aliphatic hydroxyl groups is 1. The lowest BCUT2D eigenvalue weighted by Gasteiger charge is -2.07. The summed E-state index contributed by atoms with van der Waals surface area (Å²) >= 11 is 0. The lowest BCUT2D eigenvalue weighted by Crippen LogP contribution is -1.98. The van der Waals surface area contributed by atoms with Crippen LogP contribution in [0, 0.1) is 0 Å². The van der Waals surface area contributed by atoms with Crippen molar-refractivity contribution in [3.8, 4) is 23.4 Å². The second-order valence-electron chi connectivity index (χ2n) is 4.57. The molecule has 0 saturated heterocycles. The van der Waals surface area contributed by atoms with Crippen LogP contribution in [-0.4, -0.2) is 33.1 Å². The molecule has 0 aliphatic heterocycles. The highest BCUT2D eigenvalue weighted by molar-refractivity contribution is 5.86. The maximum Gasteiger partial charge on any atom is 0.285 e. The zero-order valence-corrected chi connectivity index (χ0v) is 11.2. The number of fused-ring (bicyclic) bond motifs is 1. The van der Waals surface area contributed by atoms with E-state index in [0.717, 1.165) is 5.39 Å². The van der Waals surface area contributed by atoms with E-state index >= 15 is 0 Å². The minimum Gasteiger partial charge on any atom is -0.494 e. The third-order valence-corrected chi connectivity index (χ3v) is 3.13. The van der Waals surface area contributed by atoms with E-state index in [-0.39, 0.29) is 18.4 Å². The van der Waals surface area contributed by atoms with Crippen LogP contribution in [-0.2, 0) is 0 Å². The van der Waals surface area contributed by atoms with Crippen molar-refractivity contribution in [1.29, 1.82) is 0 Å². The summed E-state index contributed by atoms with van der Waals surface area (Å²) in [4.78, 5) is 0. The van der Waals surface area contributed by atoms with Gasteiger partial charge in [0, 0.05) is 36.6 Å². The van der Waals surface area contributed by atoms with E-state index in [9.17, 15) is 10.2 Å². The van der Waals surface area contributed by atoms with Crippen LogP contribution >= 0.6 is 0 Å². The van der Waals surface area contributed by atoms with E-state index in [1.807, 2.05) is 6.07 Å². The highest BCUT2D eigenvalue weighted by atomic mass is 16.6. The van der Waals surface area contributed by atoms with Gasteiger partial charge in [0.25, 0.3) is 5.95 Å². The molecule has 3 rings (SSSR count). The number of furan rings is 1. The molecule has 6 nitrogen and oxygen atoms in total. The van der Waals surface area contributed by atoms with Crippen LogP contribution in [0.5, 0.6) is 17.7 Å². The second-order valence-corrected chi connectivity index (χ2v) is 4.57. The van der Waals surface area contributed by atoms with Crippen LogP contribution in [0.15, 0.2) is 40.8 Å². The van der Waals surface area contributed by atoms with E-state index in [4.69, 9.17) is 14.3 Å². The standard InChI is InChI=1S/C15H15NO5/c17-7-2-8-20-14-9-10-3-1-4-11(15(10)21-14)16-12(18)5-6-13(16)19/h1,3-6,9,17-19H,2,7-8H2. The maximum absolute atomic E-state index is 9.83. The quantitative estimate of drug-likeness (QED) is 0.628. The molecular weight excluding hydrogens is 274 g/mol. The van der Waals surface area contributed by atoms with Crippen molar-refractivity contribution < 1.29 is 24.5 Å². The molecule has 3 N–H and O–H groups in total. The van der Waals surface area contributed by atoms with Gasteiger partial charge in [-0.1, -0.05) is 12.1 Å². The molecule has 0 amide bonds. The van der Waals surface area contributed by atoms with Crippen LogP contribution in [0.2, 0.25) is 0 Å². The first-order valence-corrected chi connectivity index (χ1v) is 6.57. The van der Waals surface area contributed by atoms with Crippen LogP contribution in [0.1, 0.15) is 6.42 Å². The summed E-state index contributed by atoms with van der Waals surface area (Å²) < 4.78 is 12.3. The Hall–Kier alpha value is -2.60. The fourth-order valence-electron chi connectivity index (χ4n) is 2.17. The molecule has 0 fully saturated rings. The molecule has 1 aromatic carbocycles. The number of para-hydroxylation sites is 1. The Balaban J connectivity index is 2.04. The van der Waals surface area contributed by atoms with Crippen LogP contribution in [0.25, 0.3) is 16.7 Å². The number of benzene rings is 1. The molecule has 0 radical (unpaired) electrons. The number of aliphatic hydroxyl groups excluding tert-OH is 1. The van der Waals surface area contributed by atoms with Gasteiger partial charge in [0.1, 0.15) is 0 Å². The molecule has 0 atom stereocenters. The van der Waals surface area contributed by atoms with Crippen molar-refractivity contribution in [2.24, 2.45) is 0 Å². The normalized spacial score (nSPS) is 11.1. The van der Waals surface area contributed by atoms with Gasteiger partial charge >= 0.3 is 0 Å². The number of ether oxygens (including phenoxy) is 1. The fraction of sp³-hybridized carbons (Fsp3) is 0.200. The molecule has 0 aliphatic carbocycles. The zero-order valence-electron chi connectivity index (χ0n) is 11.2. The Morgan fingerprint density at radius 2 is 1.86 bits per heavy atom. The Morgan fingerprint density at radius 3 is 2.57 bits per heavy atom. The monoisotopic (exact) mass is 289 g/mol. The fourth-order valence-corrected chi connectivity index (χ4v) is 2.17. The lowest BCUT2D eigenvalue weighted by molar-refractivity contribution is 0.205. The van der Waals surface area contributed by atoms with E-state index < -0.39 is 0 Å². The Labute approximate surface area is 120 Å². The summed E-state index contributed by atoms with van der Waals surface area (Å²) in [5.41, 5.74) is 1.02. The topological polar surface area (TPSA) is 88.0 Å². The highest BCUT2D eigenvalue weighted by Crippen LogP contribution is 2.34. The average Bonchev–Trinajstić information content (AvgIpc) is 3.02. The van der Waals surface area contributed by atoms with Gasteiger partial charge in [-0.15, -0.1) is 0 Å². The molecule has 0 spiro atoms. The molecule has 0 bridgehead atoms. The predicted octanol–water partition coefficient (Wildman–Crippen LogP) is 2.40. The van der Waals surface area contributed by atoms with Crippen molar-refractivity contribution >= 4 is 11.0 Å².